The molecule has 0 spiro atoms. The van der Waals surface area contributed by atoms with Gasteiger partial charge in [0.05, 0.1) is 0 Å². The van der Waals surface area contributed by atoms with Crippen LogP contribution in [0.4, 0.5) is 5.69 Å². The molecule has 0 amide bonds. The quantitative estimate of drug-likeness (QED) is 0.359. The molecule has 1 fully saturated rings. The van der Waals surface area contributed by atoms with Gasteiger partial charge in [-0.15, -0.1) is 35.3 Å². The Hall–Kier alpha value is -1.12. The van der Waals surface area contributed by atoms with Crippen LogP contribution in [0.2, 0.25) is 0 Å². The van der Waals surface area contributed by atoms with Crippen LogP contribution < -0.4 is 11.1 Å². The number of hydrogen-bond donors (Lipinski definition) is 2. The number of hydrogen-bond acceptors (Lipinski definition) is 3. The second-order valence-corrected chi connectivity index (χ2v) is 7.73. The molecule has 0 saturated carbocycles. The van der Waals surface area contributed by atoms with Gasteiger partial charge < -0.3 is 11.1 Å². The molecule has 1 aromatic heterocycles. The number of thiophene rings is 1. The minimum absolute atomic E-state index is 0. The number of likely N-dealkylation sites (tertiary alicyclic amines) is 1. The number of aryl methyl sites for hydroxylation is 1. The number of halogens is 1. The summed E-state index contributed by atoms with van der Waals surface area (Å²) in [4.78, 5) is 8.56. The lowest BCUT2D eigenvalue weighted by atomic mass is 9.97. The fourth-order valence-corrected chi connectivity index (χ4v) is 3.93. The van der Waals surface area contributed by atoms with Crippen molar-refractivity contribution in [3.63, 3.8) is 0 Å². The van der Waals surface area contributed by atoms with E-state index in [-0.39, 0.29) is 24.0 Å². The molecule has 4 nitrogen and oxygen atoms in total. The highest BCUT2D eigenvalue weighted by Gasteiger charge is 2.19. The minimum Gasteiger partial charge on any atom is -0.370 e. The monoisotopic (exact) mass is 484 g/mol. The molecule has 142 valence electrons. The SMILES string of the molecule is CCc1ccc(NC(N)=NCC2CCN(Cc3cccs3)CC2)cc1.I. The average molecular weight is 484 g/mol. The number of piperidine rings is 1. The van der Waals surface area contributed by atoms with Gasteiger partial charge in [0.15, 0.2) is 5.96 Å². The Bertz CT molecular complexity index is 662. The van der Waals surface area contributed by atoms with E-state index in [1.807, 2.05) is 11.3 Å². The number of nitrogens with one attached hydrogen (secondary N) is 1. The zero-order valence-electron chi connectivity index (χ0n) is 15.4. The fourth-order valence-electron chi connectivity index (χ4n) is 3.19. The lowest BCUT2D eigenvalue weighted by Gasteiger charge is -2.30. The van der Waals surface area contributed by atoms with Crippen LogP contribution >= 0.6 is 35.3 Å². The maximum Gasteiger partial charge on any atom is 0.193 e. The summed E-state index contributed by atoms with van der Waals surface area (Å²) in [7, 11) is 0. The van der Waals surface area contributed by atoms with E-state index < -0.39 is 0 Å². The molecule has 1 saturated heterocycles. The molecule has 1 aromatic carbocycles. The van der Waals surface area contributed by atoms with E-state index >= 15 is 0 Å². The van der Waals surface area contributed by atoms with Crippen LogP contribution in [0.5, 0.6) is 0 Å². The standard InChI is InChI=1S/C20H28N4S.HI/c1-2-16-5-7-18(8-6-16)23-20(21)22-14-17-9-11-24(12-10-17)15-19-4-3-13-25-19;/h3-8,13,17H,2,9-12,14-15H2,1H3,(H3,21,22,23);1H. The Labute approximate surface area is 177 Å². The Morgan fingerprint density at radius 3 is 2.58 bits per heavy atom. The number of aliphatic imine (C=N–C) groups is 1. The molecule has 3 rings (SSSR count). The first-order valence-corrected chi connectivity index (χ1v) is 10.0. The number of rotatable bonds is 6. The van der Waals surface area contributed by atoms with Crippen LogP contribution in [0.3, 0.4) is 0 Å². The summed E-state index contributed by atoms with van der Waals surface area (Å²) in [6.07, 6.45) is 3.45. The summed E-state index contributed by atoms with van der Waals surface area (Å²) in [6.45, 7) is 6.38. The van der Waals surface area contributed by atoms with E-state index in [9.17, 15) is 0 Å². The van der Waals surface area contributed by atoms with E-state index in [0.29, 0.717) is 11.9 Å². The smallest absolute Gasteiger partial charge is 0.193 e. The van der Waals surface area contributed by atoms with Gasteiger partial charge in [0, 0.05) is 23.7 Å². The Kier molecular flexibility index (Phi) is 8.87. The second-order valence-electron chi connectivity index (χ2n) is 6.70. The van der Waals surface area contributed by atoms with Gasteiger partial charge in [-0.25, -0.2) is 0 Å². The van der Waals surface area contributed by atoms with Crippen molar-refractivity contribution >= 4 is 47.0 Å². The van der Waals surface area contributed by atoms with Gasteiger partial charge >= 0.3 is 0 Å². The number of anilines is 1. The number of guanidine groups is 1. The van der Waals surface area contributed by atoms with E-state index in [1.165, 1.54) is 23.3 Å². The van der Waals surface area contributed by atoms with Crippen molar-refractivity contribution in [2.24, 2.45) is 16.6 Å². The van der Waals surface area contributed by atoms with Gasteiger partial charge in [-0.2, -0.15) is 0 Å². The van der Waals surface area contributed by atoms with Crippen molar-refractivity contribution in [2.45, 2.75) is 32.7 Å². The first-order valence-electron chi connectivity index (χ1n) is 9.13. The molecule has 6 heteroatoms. The Morgan fingerprint density at radius 2 is 1.96 bits per heavy atom. The van der Waals surface area contributed by atoms with Gasteiger partial charge in [-0.05, 0) is 67.4 Å². The van der Waals surface area contributed by atoms with Crippen LogP contribution in [0, 0.1) is 5.92 Å². The molecule has 26 heavy (non-hydrogen) atoms. The second kappa shape index (κ2) is 10.9. The summed E-state index contributed by atoms with van der Waals surface area (Å²) in [6, 6.07) is 12.7. The van der Waals surface area contributed by atoms with Crippen molar-refractivity contribution in [3.8, 4) is 0 Å². The van der Waals surface area contributed by atoms with Gasteiger partial charge in [-0.3, -0.25) is 9.89 Å². The van der Waals surface area contributed by atoms with E-state index in [1.54, 1.807) is 0 Å². The van der Waals surface area contributed by atoms with Crippen molar-refractivity contribution in [1.82, 2.24) is 4.90 Å². The molecule has 0 aliphatic carbocycles. The summed E-state index contributed by atoms with van der Waals surface area (Å²) >= 11 is 1.85. The van der Waals surface area contributed by atoms with Crippen LogP contribution in [0.1, 0.15) is 30.2 Å². The molecule has 0 atom stereocenters. The molecular weight excluding hydrogens is 455 g/mol. The van der Waals surface area contributed by atoms with Crippen LogP contribution in [-0.2, 0) is 13.0 Å². The predicted molar refractivity (Wildman–Crippen MR) is 124 cm³/mol. The van der Waals surface area contributed by atoms with E-state index in [2.05, 4.69) is 63.9 Å². The van der Waals surface area contributed by atoms with Gasteiger partial charge in [0.25, 0.3) is 0 Å². The summed E-state index contributed by atoms with van der Waals surface area (Å²) in [5.74, 6) is 1.16. The summed E-state index contributed by atoms with van der Waals surface area (Å²) in [5.41, 5.74) is 8.37. The average Bonchev–Trinajstić information content (AvgIpc) is 3.15. The lowest BCUT2D eigenvalue weighted by molar-refractivity contribution is 0.182. The highest BCUT2D eigenvalue weighted by Crippen LogP contribution is 2.21. The number of benzene rings is 1. The van der Waals surface area contributed by atoms with Crippen LogP contribution in [-0.4, -0.2) is 30.5 Å². The minimum atomic E-state index is 0. The predicted octanol–water partition coefficient (Wildman–Crippen LogP) is 4.57. The number of nitrogens with two attached hydrogens (primary N) is 1. The van der Waals surface area contributed by atoms with Crippen LogP contribution in [0.15, 0.2) is 46.8 Å². The van der Waals surface area contributed by atoms with Crippen molar-refractivity contribution in [1.29, 1.82) is 0 Å². The van der Waals surface area contributed by atoms with Crippen molar-refractivity contribution < 1.29 is 0 Å². The van der Waals surface area contributed by atoms with Crippen LogP contribution in [0.25, 0.3) is 0 Å². The molecule has 0 radical (unpaired) electrons. The first-order chi connectivity index (χ1) is 12.2. The zero-order chi connectivity index (χ0) is 17.5. The molecule has 3 N–H and O–H groups in total. The topological polar surface area (TPSA) is 53.6 Å². The normalized spacial score (nSPS) is 16.3. The van der Waals surface area contributed by atoms with Crippen molar-refractivity contribution in [2.75, 3.05) is 25.0 Å². The Morgan fingerprint density at radius 1 is 1.23 bits per heavy atom. The van der Waals surface area contributed by atoms with Gasteiger partial charge in [0.2, 0.25) is 0 Å². The molecule has 2 aromatic rings. The largest absolute Gasteiger partial charge is 0.370 e. The van der Waals surface area contributed by atoms with Gasteiger partial charge in [0.1, 0.15) is 0 Å². The maximum atomic E-state index is 6.04. The third-order valence-corrected chi connectivity index (χ3v) is 5.68. The molecule has 1 aliphatic rings. The van der Waals surface area contributed by atoms with E-state index in [4.69, 9.17) is 5.73 Å². The molecule has 0 bridgehead atoms. The summed E-state index contributed by atoms with van der Waals surface area (Å²) in [5, 5.41) is 5.35. The highest BCUT2D eigenvalue weighted by molar-refractivity contribution is 14.0. The Balaban J connectivity index is 0.00000243. The highest BCUT2D eigenvalue weighted by atomic mass is 127. The fraction of sp³-hybridized carbons (Fsp3) is 0.450. The van der Waals surface area contributed by atoms with E-state index in [0.717, 1.165) is 38.3 Å². The van der Waals surface area contributed by atoms with Gasteiger partial charge in [-0.1, -0.05) is 25.1 Å². The molecular formula is C20H29IN4S. The molecule has 2 heterocycles. The number of nitrogens with zero attached hydrogens (tertiary/aromatic N) is 2. The third kappa shape index (κ3) is 6.55. The molecule has 0 unspecified atom stereocenters. The first kappa shape index (κ1) is 21.2. The summed E-state index contributed by atoms with van der Waals surface area (Å²) < 4.78 is 0. The zero-order valence-corrected chi connectivity index (χ0v) is 18.5. The third-order valence-electron chi connectivity index (χ3n) is 4.82. The lowest BCUT2D eigenvalue weighted by Crippen LogP contribution is -2.34. The van der Waals surface area contributed by atoms with Crippen molar-refractivity contribution in [3.05, 3.63) is 52.2 Å². The maximum absolute atomic E-state index is 6.04. The molecule has 1 aliphatic heterocycles.